The maximum atomic E-state index is 14.7. The van der Waals surface area contributed by atoms with E-state index in [0.717, 1.165) is 48.5 Å². The second kappa shape index (κ2) is 5.19. The van der Waals surface area contributed by atoms with E-state index >= 15 is 0 Å². The normalized spacial score (nSPS) is 56.2. The molecule has 4 aliphatic rings. The van der Waals surface area contributed by atoms with Gasteiger partial charge in [0.2, 0.25) is 0 Å². The first-order chi connectivity index (χ1) is 10.5. The Hall–Kier alpha value is -0.110. The van der Waals surface area contributed by atoms with E-state index in [1.54, 1.807) is 0 Å². The van der Waals surface area contributed by atoms with Crippen molar-refractivity contribution in [2.24, 2.45) is 46.2 Å². The first kappa shape index (κ1) is 15.4. The maximum absolute atomic E-state index is 14.7. The molecule has 4 saturated carbocycles. The molecule has 0 amide bonds. The SMILES string of the molecule is CCC1CCCC(F)C1C1CC(CC23CC2(C)C3)C1CCN. The molecule has 2 N–H and O–H groups in total. The summed E-state index contributed by atoms with van der Waals surface area (Å²) in [5.74, 6) is 3.24. The van der Waals surface area contributed by atoms with E-state index in [1.165, 1.54) is 38.5 Å². The van der Waals surface area contributed by atoms with Gasteiger partial charge in [-0.3, -0.25) is 0 Å². The van der Waals surface area contributed by atoms with Gasteiger partial charge in [0.25, 0.3) is 0 Å². The molecule has 0 saturated heterocycles. The molecule has 6 atom stereocenters. The number of fused-ring (bicyclic) bond motifs is 1. The molecule has 1 nitrogen and oxygen atoms in total. The van der Waals surface area contributed by atoms with Crippen molar-refractivity contribution >= 4 is 0 Å². The first-order valence-corrected chi connectivity index (χ1v) is 9.88. The number of alkyl halides is 1. The Labute approximate surface area is 135 Å². The summed E-state index contributed by atoms with van der Waals surface area (Å²) in [6, 6.07) is 0. The molecule has 0 aromatic rings. The van der Waals surface area contributed by atoms with Crippen molar-refractivity contribution in [3.05, 3.63) is 0 Å². The van der Waals surface area contributed by atoms with Gasteiger partial charge < -0.3 is 5.73 Å². The quantitative estimate of drug-likeness (QED) is 0.739. The van der Waals surface area contributed by atoms with Crippen molar-refractivity contribution < 1.29 is 4.39 Å². The van der Waals surface area contributed by atoms with E-state index in [9.17, 15) is 4.39 Å². The van der Waals surface area contributed by atoms with Crippen LogP contribution in [0.2, 0.25) is 0 Å². The second-order valence-corrected chi connectivity index (χ2v) is 9.49. The van der Waals surface area contributed by atoms with Gasteiger partial charge in [0.15, 0.2) is 0 Å². The molecule has 126 valence electrons. The lowest BCUT2D eigenvalue weighted by molar-refractivity contribution is -0.0621. The van der Waals surface area contributed by atoms with Crippen LogP contribution in [0, 0.1) is 40.4 Å². The third kappa shape index (κ3) is 2.19. The van der Waals surface area contributed by atoms with E-state index in [1.807, 2.05) is 0 Å². The number of hydrogen-bond acceptors (Lipinski definition) is 1. The highest BCUT2D eigenvalue weighted by Gasteiger charge is 2.79. The molecule has 0 aromatic carbocycles. The summed E-state index contributed by atoms with van der Waals surface area (Å²) in [6.07, 6.45) is 10.7. The van der Waals surface area contributed by atoms with E-state index in [4.69, 9.17) is 5.73 Å². The summed E-state index contributed by atoms with van der Waals surface area (Å²) in [7, 11) is 0. The molecule has 0 aromatic heterocycles. The molecular weight excluding hydrogens is 273 g/mol. The van der Waals surface area contributed by atoms with Crippen LogP contribution in [0.1, 0.15) is 71.6 Å². The third-order valence-corrected chi connectivity index (χ3v) is 8.41. The lowest BCUT2D eigenvalue weighted by atomic mass is 9.52. The first-order valence-electron chi connectivity index (χ1n) is 9.88. The van der Waals surface area contributed by atoms with Gasteiger partial charge in [0.05, 0.1) is 0 Å². The van der Waals surface area contributed by atoms with Gasteiger partial charge in [-0.1, -0.05) is 26.7 Å². The van der Waals surface area contributed by atoms with Gasteiger partial charge in [-0.15, -0.1) is 0 Å². The van der Waals surface area contributed by atoms with E-state index in [0.29, 0.717) is 17.8 Å². The Kier molecular flexibility index (Phi) is 3.64. The van der Waals surface area contributed by atoms with Gasteiger partial charge >= 0.3 is 0 Å². The van der Waals surface area contributed by atoms with Crippen LogP contribution in [0.15, 0.2) is 0 Å². The standard InChI is InChI=1S/C20H34FN/c1-3-13-5-4-6-17(21)18(13)16-9-14(15(16)7-8-22)10-20-11-19(20,2)12-20/h13-18H,3-12,22H2,1-2H3. The Morgan fingerprint density at radius 2 is 1.91 bits per heavy atom. The topological polar surface area (TPSA) is 26.0 Å². The number of hydrogen-bond donors (Lipinski definition) is 1. The second-order valence-electron chi connectivity index (χ2n) is 9.49. The van der Waals surface area contributed by atoms with Crippen LogP contribution < -0.4 is 5.73 Å². The van der Waals surface area contributed by atoms with Gasteiger partial charge in [0, 0.05) is 0 Å². The Balaban J connectivity index is 1.42. The average Bonchev–Trinajstić information content (AvgIpc) is 3.25. The molecule has 0 spiro atoms. The van der Waals surface area contributed by atoms with Crippen LogP contribution in [0.3, 0.4) is 0 Å². The lowest BCUT2D eigenvalue weighted by Gasteiger charge is -2.53. The van der Waals surface area contributed by atoms with Crippen molar-refractivity contribution in [3.8, 4) is 0 Å². The van der Waals surface area contributed by atoms with Crippen LogP contribution in [0.25, 0.3) is 0 Å². The van der Waals surface area contributed by atoms with Gasteiger partial charge in [0.1, 0.15) is 6.17 Å². The van der Waals surface area contributed by atoms with Gasteiger partial charge in [-0.25, -0.2) is 4.39 Å². The fourth-order valence-corrected chi connectivity index (χ4v) is 6.77. The highest BCUT2D eigenvalue weighted by atomic mass is 19.1. The summed E-state index contributed by atoms with van der Waals surface area (Å²) < 4.78 is 14.7. The zero-order chi connectivity index (χ0) is 15.5. The molecule has 0 aliphatic heterocycles. The summed E-state index contributed by atoms with van der Waals surface area (Å²) in [6.45, 7) is 5.53. The van der Waals surface area contributed by atoms with Crippen molar-refractivity contribution in [3.63, 3.8) is 0 Å². The molecule has 2 heteroatoms. The monoisotopic (exact) mass is 307 g/mol. The predicted octanol–water partition coefficient (Wildman–Crippen LogP) is 4.94. The van der Waals surface area contributed by atoms with Crippen LogP contribution >= 0.6 is 0 Å². The fourth-order valence-electron chi connectivity index (χ4n) is 6.77. The van der Waals surface area contributed by atoms with Crippen molar-refractivity contribution in [2.75, 3.05) is 6.54 Å². The molecule has 0 bridgehead atoms. The summed E-state index contributed by atoms with van der Waals surface area (Å²) in [5, 5.41) is 0. The van der Waals surface area contributed by atoms with Crippen LogP contribution in [0.4, 0.5) is 4.39 Å². The molecule has 4 fully saturated rings. The summed E-state index contributed by atoms with van der Waals surface area (Å²) >= 11 is 0. The molecule has 0 radical (unpaired) electrons. The molecule has 4 aliphatic carbocycles. The fraction of sp³-hybridized carbons (Fsp3) is 1.00. The van der Waals surface area contributed by atoms with E-state index < -0.39 is 6.17 Å². The average molecular weight is 307 g/mol. The number of halogens is 1. The van der Waals surface area contributed by atoms with Gasteiger partial charge in [-0.2, -0.15) is 0 Å². The predicted molar refractivity (Wildman–Crippen MR) is 89.2 cm³/mol. The summed E-state index contributed by atoms with van der Waals surface area (Å²) in [4.78, 5) is 0. The zero-order valence-electron chi connectivity index (χ0n) is 14.5. The molecule has 4 rings (SSSR count). The summed E-state index contributed by atoms with van der Waals surface area (Å²) in [5.41, 5.74) is 7.38. The minimum Gasteiger partial charge on any atom is -0.330 e. The molecule has 22 heavy (non-hydrogen) atoms. The zero-order valence-corrected chi connectivity index (χ0v) is 14.5. The van der Waals surface area contributed by atoms with Gasteiger partial charge in [-0.05, 0) is 91.9 Å². The minimum absolute atomic E-state index is 0.355. The number of nitrogens with two attached hydrogens (primary N) is 1. The van der Waals surface area contributed by atoms with Crippen molar-refractivity contribution in [2.45, 2.75) is 77.8 Å². The van der Waals surface area contributed by atoms with Crippen LogP contribution in [-0.4, -0.2) is 12.7 Å². The Morgan fingerprint density at radius 1 is 1.18 bits per heavy atom. The molecular formula is C20H34FN. The van der Waals surface area contributed by atoms with Crippen LogP contribution in [-0.2, 0) is 0 Å². The smallest absolute Gasteiger partial charge is 0.103 e. The molecule has 6 unspecified atom stereocenters. The molecule has 0 heterocycles. The van der Waals surface area contributed by atoms with E-state index in [2.05, 4.69) is 13.8 Å². The highest BCUT2D eigenvalue weighted by molar-refractivity contribution is 5.29. The largest absolute Gasteiger partial charge is 0.330 e. The van der Waals surface area contributed by atoms with E-state index in [-0.39, 0.29) is 0 Å². The highest BCUT2D eigenvalue weighted by Crippen LogP contribution is 2.88. The van der Waals surface area contributed by atoms with Crippen molar-refractivity contribution in [1.29, 1.82) is 0 Å². The van der Waals surface area contributed by atoms with Crippen LogP contribution in [0.5, 0.6) is 0 Å². The minimum atomic E-state index is -0.532. The van der Waals surface area contributed by atoms with Crippen molar-refractivity contribution in [1.82, 2.24) is 0 Å². The maximum Gasteiger partial charge on any atom is 0.103 e. The third-order valence-electron chi connectivity index (χ3n) is 8.41. The Bertz CT molecular complexity index is 427. The lowest BCUT2D eigenvalue weighted by Crippen LogP contribution is -2.48. The number of rotatable bonds is 6. The Morgan fingerprint density at radius 3 is 2.50 bits per heavy atom.